The molecule has 0 aliphatic heterocycles. The van der Waals surface area contributed by atoms with Gasteiger partial charge in [-0.2, -0.15) is 5.26 Å². The predicted molar refractivity (Wildman–Crippen MR) is 98.3 cm³/mol. The van der Waals surface area contributed by atoms with Crippen LogP contribution in [0.2, 0.25) is 0 Å². The second-order valence-corrected chi connectivity index (χ2v) is 6.15. The lowest BCUT2D eigenvalue weighted by Crippen LogP contribution is -2.12. The van der Waals surface area contributed by atoms with Gasteiger partial charge in [-0.3, -0.25) is 4.79 Å². The van der Waals surface area contributed by atoms with Gasteiger partial charge in [0, 0.05) is 10.9 Å². The molecule has 2 aromatic carbocycles. The third-order valence-corrected chi connectivity index (χ3v) is 4.51. The van der Waals surface area contributed by atoms with Gasteiger partial charge in [0.1, 0.15) is 0 Å². The molecule has 0 bridgehead atoms. The third kappa shape index (κ3) is 2.25. The van der Waals surface area contributed by atoms with Crippen molar-refractivity contribution >= 4 is 27.6 Å². The minimum absolute atomic E-state index is 0.239. The van der Waals surface area contributed by atoms with Crippen LogP contribution in [-0.4, -0.2) is 15.0 Å². The molecule has 122 valence electrons. The Balaban J connectivity index is 2.01. The average Bonchev–Trinajstić information content (AvgIpc) is 2.92. The van der Waals surface area contributed by atoms with Gasteiger partial charge < -0.3 is 15.7 Å². The molecule has 25 heavy (non-hydrogen) atoms. The summed E-state index contributed by atoms with van der Waals surface area (Å²) in [7, 11) is 0. The van der Waals surface area contributed by atoms with Crippen LogP contribution in [0.15, 0.2) is 35.1 Å². The highest BCUT2D eigenvalue weighted by molar-refractivity contribution is 6.00. The largest absolute Gasteiger partial charge is 0.396 e. The lowest BCUT2D eigenvalue weighted by atomic mass is 10.1. The molecule has 2 heterocycles. The number of anilines is 1. The molecule has 4 rings (SSSR count). The molecule has 0 aliphatic carbocycles. The van der Waals surface area contributed by atoms with E-state index < -0.39 is 0 Å². The first kappa shape index (κ1) is 15.0. The van der Waals surface area contributed by atoms with Crippen LogP contribution in [0.5, 0.6) is 0 Å². The van der Waals surface area contributed by atoms with Crippen molar-refractivity contribution < 1.29 is 0 Å². The van der Waals surface area contributed by atoms with E-state index in [0.29, 0.717) is 33.4 Å². The molecule has 0 radical (unpaired) electrons. The number of fused-ring (bicyclic) bond motifs is 2. The van der Waals surface area contributed by atoms with Crippen LogP contribution >= 0.6 is 0 Å². The predicted octanol–water partition coefficient (Wildman–Crippen LogP) is 3.14. The Morgan fingerprint density at radius 1 is 1.08 bits per heavy atom. The van der Waals surface area contributed by atoms with Crippen LogP contribution in [0.3, 0.4) is 0 Å². The number of aryl methyl sites for hydroxylation is 2. The van der Waals surface area contributed by atoms with Crippen LogP contribution in [0.4, 0.5) is 5.69 Å². The Hall–Kier alpha value is -3.59. The molecule has 6 heteroatoms. The molecule has 0 saturated carbocycles. The number of rotatable bonds is 1. The lowest BCUT2D eigenvalue weighted by molar-refractivity contribution is 1.19. The summed E-state index contributed by atoms with van der Waals surface area (Å²) < 4.78 is 0. The smallest absolute Gasteiger partial charge is 0.276 e. The number of aromatic nitrogens is 3. The number of aromatic amines is 2. The summed E-state index contributed by atoms with van der Waals surface area (Å²) >= 11 is 0. The van der Waals surface area contributed by atoms with Crippen LogP contribution in [0.25, 0.3) is 33.3 Å². The summed E-state index contributed by atoms with van der Waals surface area (Å²) in [5, 5.41) is 9.76. The van der Waals surface area contributed by atoms with Crippen LogP contribution < -0.4 is 11.3 Å². The first-order valence-electron chi connectivity index (χ1n) is 7.81. The lowest BCUT2D eigenvalue weighted by Gasteiger charge is -2.05. The SMILES string of the molecule is Cc1cc2nc(-c3[nH]c4ccc(C#N)cc4c3N)c(=O)[nH]c2cc1C. The number of hydrogen-bond donors (Lipinski definition) is 3. The minimum atomic E-state index is -0.311. The van der Waals surface area contributed by atoms with Gasteiger partial charge in [0.05, 0.1) is 34.0 Å². The van der Waals surface area contributed by atoms with E-state index in [0.717, 1.165) is 16.6 Å². The van der Waals surface area contributed by atoms with E-state index in [-0.39, 0.29) is 11.3 Å². The number of hydrogen-bond acceptors (Lipinski definition) is 4. The van der Waals surface area contributed by atoms with Gasteiger partial charge >= 0.3 is 0 Å². The number of nitrogens with zero attached hydrogens (tertiary/aromatic N) is 2. The van der Waals surface area contributed by atoms with Crippen molar-refractivity contribution in [2.45, 2.75) is 13.8 Å². The fourth-order valence-electron chi connectivity index (χ4n) is 2.98. The minimum Gasteiger partial charge on any atom is -0.396 e. The van der Waals surface area contributed by atoms with Gasteiger partial charge in [-0.05, 0) is 55.3 Å². The maximum absolute atomic E-state index is 12.5. The van der Waals surface area contributed by atoms with Crippen molar-refractivity contribution in [2.24, 2.45) is 0 Å². The van der Waals surface area contributed by atoms with Crippen molar-refractivity contribution in [3.8, 4) is 17.5 Å². The summed E-state index contributed by atoms with van der Waals surface area (Å²) in [4.78, 5) is 23.1. The topological polar surface area (TPSA) is 111 Å². The van der Waals surface area contributed by atoms with Crippen molar-refractivity contribution in [1.82, 2.24) is 15.0 Å². The zero-order valence-corrected chi connectivity index (χ0v) is 13.8. The number of nitrogen functional groups attached to an aromatic ring is 1. The number of nitrogens with two attached hydrogens (primary N) is 1. The first-order valence-corrected chi connectivity index (χ1v) is 7.81. The fraction of sp³-hybridized carbons (Fsp3) is 0.105. The Bertz CT molecular complexity index is 1260. The van der Waals surface area contributed by atoms with Gasteiger partial charge in [-0.15, -0.1) is 0 Å². The van der Waals surface area contributed by atoms with E-state index in [9.17, 15) is 4.79 Å². The maximum Gasteiger partial charge on any atom is 0.276 e. The van der Waals surface area contributed by atoms with Gasteiger partial charge in [-0.25, -0.2) is 4.98 Å². The normalized spacial score (nSPS) is 11.1. The number of benzene rings is 2. The summed E-state index contributed by atoms with van der Waals surface area (Å²) in [6.45, 7) is 3.99. The molecular formula is C19H15N5O. The fourth-order valence-corrected chi connectivity index (χ4v) is 2.98. The van der Waals surface area contributed by atoms with Gasteiger partial charge in [-0.1, -0.05) is 0 Å². The molecule has 0 fully saturated rings. The Morgan fingerprint density at radius 2 is 1.84 bits per heavy atom. The van der Waals surface area contributed by atoms with Crippen LogP contribution in [-0.2, 0) is 0 Å². The molecule has 6 nitrogen and oxygen atoms in total. The Labute approximate surface area is 142 Å². The molecule has 0 spiro atoms. The summed E-state index contributed by atoms with van der Waals surface area (Å²) in [6, 6.07) is 11.1. The van der Waals surface area contributed by atoms with Crippen molar-refractivity contribution in [3.05, 3.63) is 57.4 Å². The third-order valence-electron chi connectivity index (χ3n) is 4.51. The average molecular weight is 329 g/mol. The second-order valence-electron chi connectivity index (χ2n) is 6.15. The summed E-state index contributed by atoms with van der Waals surface area (Å²) in [5.41, 5.74) is 11.9. The molecule has 4 N–H and O–H groups in total. The number of nitrogens with one attached hydrogen (secondary N) is 2. The van der Waals surface area contributed by atoms with Crippen molar-refractivity contribution in [3.63, 3.8) is 0 Å². The zero-order chi connectivity index (χ0) is 17.7. The van der Waals surface area contributed by atoms with Gasteiger partial charge in [0.25, 0.3) is 5.56 Å². The molecule has 0 amide bonds. The molecule has 0 aliphatic rings. The highest BCUT2D eigenvalue weighted by atomic mass is 16.1. The molecule has 2 aromatic heterocycles. The van der Waals surface area contributed by atoms with Crippen molar-refractivity contribution in [2.75, 3.05) is 5.73 Å². The van der Waals surface area contributed by atoms with E-state index in [1.54, 1.807) is 18.2 Å². The highest BCUT2D eigenvalue weighted by Crippen LogP contribution is 2.31. The molecule has 0 atom stereocenters. The van der Waals surface area contributed by atoms with Crippen LogP contribution in [0, 0.1) is 25.2 Å². The first-order chi connectivity index (χ1) is 12.0. The molecular weight excluding hydrogens is 314 g/mol. The molecule has 4 aromatic rings. The number of nitriles is 1. The zero-order valence-electron chi connectivity index (χ0n) is 13.8. The maximum atomic E-state index is 12.5. The van der Waals surface area contributed by atoms with Crippen molar-refractivity contribution in [1.29, 1.82) is 5.26 Å². The van der Waals surface area contributed by atoms with E-state index in [2.05, 4.69) is 21.0 Å². The Morgan fingerprint density at radius 3 is 2.60 bits per heavy atom. The van der Waals surface area contributed by atoms with E-state index in [4.69, 9.17) is 11.0 Å². The molecule has 0 saturated heterocycles. The van der Waals surface area contributed by atoms with Crippen LogP contribution in [0.1, 0.15) is 16.7 Å². The van der Waals surface area contributed by atoms with Gasteiger partial charge in [0.2, 0.25) is 0 Å². The summed E-state index contributed by atoms with van der Waals surface area (Å²) in [5.74, 6) is 0. The van der Waals surface area contributed by atoms with E-state index in [1.807, 2.05) is 26.0 Å². The standard InChI is InChI=1S/C19H15N5O/c1-9-5-14-15(6-10(9)2)24-19(25)18(23-14)17-16(21)12-7-11(8-20)3-4-13(12)22-17/h3-7,22H,21H2,1-2H3,(H,24,25). The monoisotopic (exact) mass is 329 g/mol. The van der Waals surface area contributed by atoms with E-state index in [1.165, 1.54) is 0 Å². The number of H-pyrrole nitrogens is 2. The second kappa shape index (κ2) is 5.21. The van der Waals surface area contributed by atoms with Gasteiger partial charge in [0.15, 0.2) is 5.69 Å². The van der Waals surface area contributed by atoms with E-state index >= 15 is 0 Å². The Kier molecular flexibility index (Phi) is 3.12. The summed E-state index contributed by atoms with van der Waals surface area (Å²) in [6.07, 6.45) is 0. The molecule has 0 unspecified atom stereocenters. The highest BCUT2D eigenvalue weighted by Gasteiger charge is 2.16. The quantitative estimate of drug-likeness (QED) is 0.498.